The Balaban J connectivity index is 1.32. The Bertz CT molecular complexity index is 1160. The molecule has 0 unspecified atom stereocenters. The largest absolute Gasteiger partial charge is 0.353 e. The first-order valence-corrected chi connectivity index (χ1v) is 23.7. The third kappa shape index (κ3) is 16.9. The van der Waals surface area contributed by atoms with Crippen LogP contribution in [0.1, 0.15) is 141 Å². The van der Waals surface area contributed by atoms with Crippen molar-refractivity contribution in [1.29, 1.82) is 0 Å². The number of unbranched alkanes of at least 4 members (excludes halogenated alkanes) is 14. The zero-order valence-electron chi connectivity index (χ0n) is 31.0. The van der Waals surface area contributed by atoms with Crippen LogP contribution in [0, 0.1) is 0 Å². The first kappa shape index (κ1) is 41.6. The van der Waals surface area contributed by atoms with Crippen molar-refractivity contribution in [3.63, 3.8) is 0 Å². The van der Waals surface area contributed by atoms with E-state index in [0.717, 1.165) is 45.3 Å². The third-order valence-electron chi connectivity index (χ3n) is 9.43. The average molecular weight is 751 g/mol. The smallest absolute Gasteiger partial charge is 0.181 e. The monoisotopic (exact) mass is 749 g/mol. The van der Waals surface area contributed by atoms with E-state index in [1.165, 1.54) is 118 Å². The molecular formula is C45H67BrO2P+. The third-order valence-corrected chi connectivity index (χ3v) is 16.1. The van der Waals surface area contributed by atoms with Crippen molar-refractivity contribution < 1.29 is 9.47 Å². The number of benzene rings is 3. The van der Waals surface area contributed by atoms with Crippen LogP contribution in [0.3, 0.4) is 0 Å². The standard InChI is InChI=1S/C45H67BrO2P/c1-3-5-7-9-17-27-39-47-45(48-40-28-18-10-8-6-4-2)34-26-16-14-12-11-13-15-21-29-41-35-37-44(38-36-41)49(46,42-30-22-19-23-31-42)43-32-24-20-25-33-43/h11,13,19-20,22-25,30-33,35-38,45H,3-10,12,14-18,21,26-29,34,39-40H2,1-2H3/q+1/b13-11-. The second-order valence-electron chi connectivity index (χ2n) is 13.6. The normalized spacial score (nSPS) is 12.0. The first-order chi connectivity index (χ1) is 24.2. The van der Waals surface area contributed by atoms with Crippen LogP contribution in [-0.2, 0) is 15.9 Å². The second-order valence-corrected chi connectivity index (χ2v) is 19.6. The van der Waals surface area contributed by atoms with Crippen molar-refractivity contribution in [2.75, 3.05) is 13.2 Å². The maximum absolute atomic E-state index is 6.23. The predicted molar refractivity (Wildman–Crippen MR) is 222 cm³/mol. The summed E-state index contributed by atoms with van der Waals surface area (Å²) in [6, 6.07) is 31.2. The van der Waals surface area contributed by atoms with Gasteiger partial charge in [-0.05, 0) is 99.7 Å². The molecule has 4 heteroatoms. The van der Waals surface area contributed by atoms with Crippen LogP contribution in [0.5, 0.6) is 0 Å². The first-order valence-electron chi connectivity index (χ1n) is 19.9. The number of halogens is 1. The highest BCUT2D eigenvalue weighted by molar-refractivity contribution is 9.44. The quantitative estimate of drug-likeness (QED) is 0.0304. The Morgan fingerprint density at radius 1 is 0.510 bits per heavy atom. The molecule has 0 spiro atoms. The van der Waals surface area contributed by atoms with E-state index in [-0.39, 0.29) is 6.29 Å². The summed E-state index contributed by atoms with van der Waals surface area (Å²) in [6.07, 6.45) is 29.7. The summed E-state index contributed by atoms with van der Waals surface area (Å²) in [7, 11) is 0. The molecule has 0 radical (unpaired) electrons. The average Bonchev–Trinajstić information content (AvgIpc) is 3.15. The van der Waals surface area contributed by atoms with Crippen LogP contribution in [0.4, 0.5) is 0 Å². The maximum Gasteiger partial charge on any atom is 0.181 e. The van der Waals surface area contributed by atoms with Crippen molar-refractivity contribution in [2.45, 2.75) is 149 Å². The van der Waals surface area contributed by atoms with Gasteiger partial charge in [-0.1, -0.05) is 145 Å². The minimum absolute atomic E-state index is 0.0135. The van der Waals surface area contributed by atoms with Gasteiger partial charge in [-0.15, -0.1) is 0 Å². The fourth-order valence-electron chi connectivity index (χ4n) is 6.40. The molecule has 0 aliphatic rings. The van der Waals surface area contributed by atoms with Crippen LogP contribution in [0.15, 0.2) is 97.1 Å². The molecule has 49 heavy (non-hydrogen) atoms. The van der Waals surface area contributed by atoms with Crippen LogP contribution >= 0.6 is 21.5 Å². The Labute approximate surface area is 309 Å². The molecule has 2 nitrogen and oxygen atoms in total. The zero-order chi connectivity index (χ0) is 34.7. The molecule has 3 aromatic carbocycles. The van der Waals surface area contributed by atoms with E-state index < -0.39 is 5.96 Å². The van der Waals surface area contributed by atoms with Gasteiger partial charge in [0.2, 0.25) is 0 Å². The molecule has 0 amide bonds. The number of ether oxygens (including phenoxy) is 2. The van der Waals surface area contributed by atoms with Crippen LogP contribution in [0.25, 0.3) is 0 Å². The lowest BCUT2D eigenvalue weighted by Crippen LogP contribution is -2.26. The predicted octanol–water partition coefficient (Wildman–Crippen LogP) is 13.2. The second kappa shape index (κ2) is 27.0. The fourth-order valence-corrected chi connectivity index (χ4v) is 11.1. The van der Waals surface area contributed by atoms with Gasteiger partial charge < -0.3 is 9.47 Å². The molecule has 3 rings (SSSR count). The van der Waals surface area contributed by atoms with Gasteiger partial charge in [-0.2, -0.15) is 0 Å². The SMILES string of the molecule is CCCCCCCCOC(CCCCC/C=C\CCCc1ccc([P+](Br)(c2ccccc2)c2ccccc2)cc1)OCCCCCCCC. The molecule has 0 aliphatic carbocycles. The van der Waals surface area contributed by atoms with E-state index in [2.05, 4.69) is 126 Å². The Hall–Kier alpha value is -1.77. The van der Waals surface area contributed by atoms with E-state index in [4.69, 9.17) is 9.47 Å². The molecular weight excluding hydrogens is 683 g/mol. The molecule has 0 heterocycles. The molecule has 0 atom stereocenters. The Kier molecular flexibility index (Phi) is 22.9. The lowest BCUT2D eigenvalue weighted by Gasteiger charge is -2.20. The van der Waals surface area contributed by atoms with E-state index in [1.807, 2.05) is 0 Å². The number of rotatable bonds is 29. The highest BCUT2D eigenvalue weighted by Crippen LogP contribution is 2.62. The van der Waals surface area contributed by atoms with E-state index in [9.17, 15) is 0 Å². The minimum atomic E-state index is -1.84. The van der Waals surface area contributed by atoms with Crippen molar-refractivity contribution in [2.24, 2.45) is 0 Å². The Morgan fingerprint density at radius 2 is 0.959 bits per heavy atom. The fraction of sp³-hybridized carbons (Fsp3) is 0.556. The van der Waals surface area contributed by atoms with E-state index in [0.29, 0.717) is 0 Å². The summed E-state index contributed by atoms with van der Waals surface area (Å²) < 4.78 is 12.5. The molecule has 0 fully saturated rings. The van der Waals surface area contributed by atoms with E-state index >= 15 is 0 Å². The minimum Gasteiger partial charge on any atom is -0.353 e. The molecule has 270 valence electrons. The molecule has 3 aromatic rings. The molecule has 0 bridgehead atoms. The van der Waals surface area contributed by atoms with Crippen LogP contribution < -0.4 is 15.9 Å². The van der Waals surface area contributed by atoms with E-state index in [1.54, 1.807) is 0 Å². The summed E-state index contributed by atoms with van der Waals surface area (Å²) in [6.45, 7) is 6.25. The summed E-state index contributed by atoms with van der Waals surface area (Å²) >= 11 is 4.28. The molecule has 0 saturated heterocycles. The van der Waals surface area contributed by atoms with Gasteiger partial charge in [0.15, 0.2) is 27.7 Å². The van der Waals surface area contributed by atoms with Gasteiger partial charge in [0.05, 0.1) is 0 Å². The highest BCUT2D eigenvalue weighted by Gasteiger charge is 2.43. The summed E-state index contributed by atoms with van der Waals surface area (Å²) in [5.41, 5.74) is 1.42. The van der Waals surface area contributed by atoms with Crippen LogP contribution in [-0.4, -0.2) is 19.5 Å². The number of aryl methyl sites for hydroxylation is 1. The number of hydrogen-bond acceptors (Lipinski definition) is 2. The van der Waals surface area contributed by atoms with Gasteiger partial charge in [-0.3, -0.25) is 0 Å². The van der Waals surface area contributed by atoms with Gasteiger partial charge in [-0.25, -0.2) is 0 Å². The molecule has 0 aliphatic heterocycles. The zero-order valence-corrected chi connectivity index (χ0v) is 33.5. The van der Waals surface area contributed by atoms with Gasteiger partial charge >= 0.3 is 0 Å². The maximum atomic E-state index is 6.23. The van der Waals surface area contributed by atoms with Crippen molar-refractivity contribution in [1.82, 2.24) is 0 Å². The van der Waals surface area contributed by atoms with Crippen molar-refractivity contribution >= 4 is 37.4 Å². The lowest BCUT2D eigenvalue weighted by molar-refractivity contribution is -0.148. The Morgan fingerprint density at radius 3 is 1.49 bits per heavy atom. The van der Waals surface area contributed by atoms with Gasteiger partial charge in [0, 0.05) is 13.2 Å². The van der Waals surface area contributed by atoms with Gasteiger partial charge in [0.1, 0.15) is 15.9 Å². The van der Waals surface area contributed by atoms with Crippen molar-refractivity contribution in [3.05, 3.63) is 103 Å². The molecule has 0 aromatic heterocycles. The van der Waals surface area contributed by atoms with Crippen LogP contribution in [0.2, 0.25) is 0 Å². The summed E-state index contributed by atoms with van der Waals surface area (Å²) in [5.74, 6) is -1.84. The van der Waals surface area contributed by atoms with Crippen molar-refractivity contribution in [3.8, 4) is 0 Å². The topological polar surface area (TPSA) is 18.5 Å². The number of allylic oxidation sites excluding steroid dienone is 2. The molecule has 0 saturated carbocycles. The highest BCUT2D eigenvalue weighted by atomic mass is 79.9. The molecule has 0 N–H and O–H groups in total. The summed E-state index contributed by atoms with van der Waals surface area (Å²) in [5, 5.41) is 4.08. The number of hydrogen-bond donors (Lipinski definition) is 0. The summed E-state index contributed by atoms with van der Waals surface area (Å²) in [4.78, 5) is 0. The lowest BCUT2D eigenvalue weighted by atomic mass is 10.1. The van der Waals surface area contributed by atoms with Gasteiger partial charge in [0.25, 0.3) is 0 Å².